The van der Waals surface area contributed by atoms with Crippen LogP contribution in [0.4, 0.5) is 11.4 Å². The standard InChI is InChI=1S/C24H26N2O5S/c1-4-31-20-10-13-22(23(15-20)32(28,29)21-11-8-17(2)9-12-21)25-16-24(27)26-18-6-5-7-19(14-18)30-3/h5-15,25H,4,16H2,1-3H3,(H,26,27). The SMILES string of the molecule is CCOc1ccc(NCC(=O)Nc2cccc(OC)c2)c(S(=O)(=O)c2ccc(C)cc2)c1. The molecule has 0 radical (unpaired) electrons. The molecular weight excluding hydrogens is 428 g/mol. The number of rotatable bonds is 9. The van der Waals surface area contributed by atoms with Crippen molar-refractivity contribution in [3.05, 3.63) is 72.3 Å². The summed E-state index contributed by atoms with van der Waals surface area (Å²) in [6.45, 7) is 3.99. The molecular formula is C24H26N2O5S. The van der Waals surface area contributed by atoms with Gasteiger partial charge >= 0.3 is 0 Å². The first-order chi connectivity index (χ1) is 15.3. The Hall–Kier alpha value is -3.52. The van der Waals surface area contributed by atoms with Crippen molar-refractivity contribution in [3.8, 4) is 11.5 Å². The zero-order chi connectivity index (χ0) is 23.1. The molecule has 2 N–H and O–H groups in total. The average Bonchev–Trinajstić information content (AvgIpc) is 2.78. The molecule has 1 amide bonds. The number of carbonyl (C=O) groups excluding carboxylic acids is 1. The van der Waals surface area contributed by atoms with E-state index in [1.54, 1.807) is 67.8 Å². The molecule has 0 atom stereocenters. The summed E-state index contributed by atoms with van der Waals surface area (Å²) >= 11 is 0. The third kappa shape index (κ3) is 5.59. The molecule has 3 aromatic rings. The minimum atomic E-state index is -3.83. The van der Waals surface area contributed by atoms with E-state index in [0.717, 1.165) is 5.56 Å². The minimum Gasteiger partial charge on any atom is -0.497 e. The smallest absolute Gasteiger partial charge is 0.243 e. The van der Waals surface area contributed by atoms with Gasteiger partial charge in [-0.25, -0.2) is 8.42 Å². The summed E-state index contributed by atoms with van der Waals surface area (Å²) in [6.07, 6.45) is 0. The first-order valence-electron chi connectivity index (χ1n) is 10.1. The molecule has 0 heterocycles. The van der Waals surface area contributed by atoms with Crippen LogP contribution in [0.15, 0.2) is 76.5 Å². The quantitative estimate of drug-likeness (QED) is 0.501. The van der Waals surface area contributed by atoms with Gasteiger partial charge in [0.1, 0.15) is 11.5 Å². The predicted octanol–water partition coefficient (Wildman–Crippen LogP) is 4.29. The highest BCUT2D eigenvalue weighted by atomic mass is 32.2. The Kier molecular flexibility index (Phi) is 7.37. The van der Waals surface area contributed by atoms with Crippen molar-refractivity contribution in [2.24, 2.45) is 0 Å². The predicted molar refractivity (Wildman–Crippen MR) is 124 cm³/mol. The second-order valence-corrected chi connectivity index (χ2v) is 8.96. The molecule has 0 aromatic heterocycles. The van der Waals surface area contributed by atoms with Gasteiger partial charge in [0.2, 0.25) is 15.7 Å². The second kappa shape index (κ2) is 10.2. The molecule has 0 fully saturated rings. The molecule has 7 nitrogen and oxygen atoms in total. The maximum Gasteiger partial charge on any atom is 0.243 e. The summed E-state index contributed by atoms with van der Waals surface area (Å²) in [5.41, 5.74) is 1.85. The van der Waals surface area contributed by atoms with Crippen molar-refractivity contribution < 1.29 is 22.7 Å². The van der Waals surface area contributed by atoms with Gasteiger partial charge in [-0.2, -0.15) is 0 Å². The van der Waals surface area contributed by atoms with E-state index in [9.17, 15) is 13.2 Å². The van der Waals surface area contributed by atoms with E-state index in [2.05, 4.69) is 10.6 Å². The van der Waals surface area contributed by atoms with Crippen molar-refractivity contribution in [2.45, 2.75) is 23.6 Å². The van der Waals surface area contributed by atoms with Crippen LogP contribution in [0.3, 0.4) is 0 Å². The number of anilines is 2. The van der Waals surface area contributed by atoms with E-state index in [0.29, 0.717) is 29.5 Å². The third-order valence-electron chi connectivity index (χ3n) is 4.68. The first kappa shape index (κ1) is 23.1. The Bertz CT molecular complexity index is 1190. The van der Waals surface area contributed by atoms with Gasteiger partial charge in [0, 0.05) is 17.8 Å². The number of aryl methyl sites for hydroxylation is 1. The number of methoxy groups -OCH3 is 1. The van der Waals surface area contributed by atoms with Gasteiger partial charge in [-0.3, -0.25) is 4.79 Å². The van der Waals surface area contributed by atoms with Gasteiger partial charge in [0.15, 0.2) is 0 Å². The molecule has 0 spiro atoms. The Balaban J connectivity index is 1.84. The fourth-order valence-electron chi connectivity index (χ4n) is 3.05. The van der Waals surface area contributed by atoms with Gasteiger partial charge in [0.05, 0.1) is 35.7 Å². The van der Waals surface area contributed by atoms with Gasteiger partial charge in [-0.1, -0.05) is 23.8 Å². The largest absolute Gasteiger partial charge is 0.497 e. The molecule has 0 bridgehead atoms. The molecule has 0 saturated carbocycles. The Morgan fingerprint density at radius 3 is 2.41 bits per heavy atom. The molecule has 3 rings (SSSR count). The molecule has 0 aliphatic heterocycles. The van der Waals surface area contributed by atoms with Crippen LogP contribution in [0.5, 0.6) is 11.5 Å². The van der Waals surface area contributed by atoms with E-state index in [1.807, 2.05) is 13.8 Å². The molecule has 168 valence electrons. The molecule has 0 unspecified atom stereocenters. The number of benzene rings is 3. The highest BCUT2D eigenvalue weighted by molar-refractivity contribution is 7.91. The Labute approximate surface area is 188 Å². The van der Waals surface area contributed by atoms with Crippen LogP contribution in [0.25, 0.3) is 0 Å². The summed E-state index contributed by atoms with van der Waals surface area (Å²) < 4.78 is 37.3. The van der Waals surface area contributed by atoms with Crippen molar-refractivity contribution in [3.63, 3.8) is 0 Å². The van der Waals surface area contributed by atoms with E-state index >= 15 is 0 Å². The Morgan fingerprint density at radius 1 is 0.969 bits per heavy atom. The summed E-state index contributed by atoms with van der Waals surface area (Å²) in [4.78, 5) is 12.6. The van der Waals surface area contributed by atoms with E-state index in [1.165, 1.54) is 6.07 Å². The molecule has 0 aliphatic carbocycles. The number of hydrogen-bond acceptors (Lipinski definition) is 6. The number of sulfone groups is 1. The van der Waals surface area contributed by atoms with Crippen molar-refractivity contribution in [2.75, 3.05) is 30.9 Å². The van der Waals surface area contributed by atoms with E-state index < -0.39 is 9.84 Å². The number of hydrogen-bond donors (Lipinski definition) is 2. The maximum absolute atomic E-state index is 13.3. The second-order valence-electron chi connectivity index (χ2n) is 7.04. The molecule has 32 heavy (non-hydrogen) atoms. The molecule has 0 saturated heterocycles. The highest BCUT2D eigenvalue weighted by Gasteiger charge is 2.23. The zero-order valence-electron chi connectivity index (χ0n) is 18.2. The number of carbonyl (C=O) groups is 1. The van der Waals surface area contributed by atoms with Gasteiger partial charge in [-0.15, -0.1) is 0 Å². The number of amides is 1. The zero-order valence-corrected chi connectivity index (χ0v) is 19.0. The summed E-state index contributed by atoms with van der Waals surface area (Å²) in [5.74, 6) is 0.726. The van der Waals surface area contributed by atoms with Crippen LogP contribution in [0.2, 0.25) is 0 Å². The normalized spacial score (nSPS) is 11.0. The van der Waals surface area contributed by atoms with Crippen LogP contribution in [0, 0.1) is 6.92 Å². The lowest BCUT2D eigenvalue weighted by atomic mass is 10.2. The monoisotopic (exact) mass is 454 g/mol. The van der Waals surface area contributed by atoms with E-state index in [-0.39, 0.29) is 22.2 Å². The van der Waals surface area contributed by atoms with Gasteiger partial charge < -0.3 is 20.1 Å². The van der Waals surface area contributed by atoms with Gasteiger partial charge in [0.25, 0.3) is 0 Å². The lowest BCUT2D eigenvalue weighted by molar-refractivity contribution is -0.114. The van der Waals surface area contributed by atoms with Crippen LogP contribution in [0.1, 0.15) is 12.5 Å². The van der Waals surface area contributed by atoms with Gasteiger partial charge in [-0.05, 0) is 50.2 Å². The fourth-order valence-corrected chi connectivity index (χ4v) is 4.50. The van der Waals surface area contributed by atoms with Crippen LogP contribution >= 0.6 is 0 Å². The molecule has 3 aromatic carbocycles. The fraction of sp³-hybridized carbons (Fsp3) is 0.208. The number of nitrogens with one attached hydrogen (secondary N) is 2. The lowest BCUT2D eigenvalue weighted by Crippen LogP contribution is -2.22. The third-order valence-corrected chi connectivity index (χ3v) is 6.49. The van der Waals surface area contributed by atoms with Crippen LogP contribution < -0.4 is 20.1 Å². The summed E-state index contributed by atoms with van der Waals surface area (Å²) in [5, 5.41) is 5.70. The average molecular weight is 455 g/mol. The topological polar surface area (TPSA) is 93.7 Å². The highest BCUT2D eigenvalue weighted by Crippen LogP contribution is 2.31. The first-order valence-corrected chi connectivity index (χ1v) is 11.6. The lowest BCUT2D eigenvalue weighted by Gasteiger charge is -2.15. The molecule has 0 aliphatic rings. The van der Waals surface area contributed by atoms with Crippen LogP contribution in [-0.2, 0) is 14.6 Å². The van der Waals surface area contributed by atoms with Crippen molar-refractivity contribution in [1.82, 2.24) is 0 Å². The maximum atomic E-state index is 13.3. The Morgan fingerprint density at radius 2 is 1.72 bits per heavy atom. The summed E-state index contributed by atoms with van der Waals surface area (Å²) in [6, 6.07) is 18.3. The van der Waals surface area contributed by atoms with Crippen molar-refractivity contribution in [1.29, 1.82) is 0 Å². The van der Waals surface area contributed by atoms with Crippen molar-refractivity contribution >= 4 is 27.1 Å². The molecule has 8 heteroatoms. The summed E-state index contributed by atoms with van der Waals surface area (Å²) in [7, 11) is -2.29. The minimum absolute atomic E-state index is 0.0430. The van der Waals surface area contributed by atoms with E-state index in [4.69, 9.17) is 9.47 Å². The van der Waals surface area contributed by atoms with Crippen LogP contribution in [-0.4, -0.2) is 34.6 Å². The number of ether oxygens (including phenoxy) is 2.